The van der Waals surface area contributed by atoms with Gasteiger partial charge in [-0.15, -0.1) is 0 Å². The number of piperidine rings is 1. The predicted molar refractivity (Wildman–Crippen MR) is 97.0 cm³/mol. The van der Waals surface area contributed by atoms with Crippen LogP contribution in [0.3, 0.4) is 0 Å². The van der Waals surface area contributed by atoms with Crippen molar-refractivity contribution in [2.75, 3.05) is 7.05 Å². The van der Waals surface area contributed by atoms with E-state index < -0.39 is 0 Å². The molecule has 0 aromatic heterocycles. The molecule has 4 atom stereocenters. The Balaban J connectivity index is 1.76. The summed E-state index contributed by atoms with van der Waals surface area (Å²) in [6.45, 7) is 4.36. The molecule has 0 spiro atoms. The Hall–Kier alpha value is -1.60. The van der Waals surface area contributed by atoms with E-state index in [1.165, 1.54) is 41.5 Å². The summed E-state index contributed by atoms with van der Waals surface area (Å²) < 4.78 is 0. The van der Waals surface area contributed by atoms with Crippen molar-refractivity contribution in [1.82, 2.24) is 4.90 Å². The van der Waals surface area contributed by atoms with Gasteiger partial charge >= 0.3 is 0 Å². The SMILES string of the molecule is Cc1ccc([C@H]2[C@@H](c3ccc(C)cc3)C[C@H]3CC[C@@H]2N3C)cc1. The third-order valence-corrected chi connectivity index (χ3v) is 6.24. The van der Waals surface area contributed by atoms with E-state index in [1.54, 1.807) is 0 Å². The summed E-state index contributed by atoms with van der Waals surface area (Å²) in [5, 5.41) is 0. The van der Waals surface area contributed by atoms with E-state index in [-0.39, 0.29) is 0 Å². The summed E-state index contributed by atoms with van der Waals surface area (Å²) in [5.41, 5.74) is 5.77. The molecular weight excluding hydrogens is 278 g/mol. The van der Waals surface area contributed by atoms with Gasteiger partial charge in [0.2, 0.25) is 0 Å². The van der Waals surface area contributed by atoms with Crippen molar-refractivity contribution in [1.29, 1.82) is 0 Å². The number of fused-ring (bicyclic) bond motifs is 2. The number of rotatable bonds is 2. The number of aryl methyl sites for hydroxylation is 2. The van der Waals surface area contributed by atoms with E-state index in [0.29, 0.717) is 17.9 Å². The Bertz CT molecular complexity index is 670. The van der Waals surface area contributed by atoms with E-state index in [1.807, 2.05) is 0 Å². The van der Waals surface area contributed by atoms with Crippen LogP contribution in [0.2, 0.25) is 0 Å². The molecular formula is C22H27N. The molecule has 2 bridgehead atoms. The highest BCUT2D eigenvalue weighted by atomic mass is 15.2. The molecule has 0 saturated carbocycles. The zero-order valence-electron chi connectivity index (χ0n) is 14.5. The molecule has 0 aliphatic carbocycles. The second-order valence-corrected chi connectivity index (χ2v) is 7.65. The molecule has 23 heavy (non-hydrogen) atoms. The van der Waals surface area contributed by atoms with Crippen molar-refractivity contribution >= 4 is 0 Å². The molecule has 0 unspecified atom stereocenters. The molecule has 2 heterocycles. The minimum absolute atomic E-state index is 0.627. The fraction of sp³-hybridized carbons (Fsp3) is 0.455. The number of hydrogen-bond donors (Lipinski definition) is 0. The zero-order valence-corrected chi connectivity index (χ0v) is 14.5. The monoisotopic (exact) mass is 305 g/mol. The van der Waals surface area contributed by atoms with Crippen molar-refractivity contribution in [2.24, 2.45) is 0 Å². The van der Waals surface area contributed by atoms with Crippen molar-refractivity contribution in [3.8, 4) is 0 Å². The van der Waals surface area contributed by atoms with Crippen LogP contribution in [-0.2, 0) is 0 Å². The topological polar surface area (TPSA) is 3.24 Å². The van der Waals surface area contributed by atoms with Crippen LogP contribution in [-0.4, -0.2) is 24.0 Å². The minimum atomic E-state index is 0.627. The van der Waals surface area contributed by atoms with Crippen molar-refractivity contribution in [3.05, 3.63) is 70.8 Å². The smallest absolute Gasteiger partial charge is 0.0170 e. The van der Waals surface area contributed by atoms with Gasteiger partial charge in [0.15, 0.2) is 0 Å². The molecule has 4 rings (SSSR count). The van der Waals surface area contributed by atoms with Gasteiger partial charge in [0, 0.05) is 18.0 Å². The maximum Gasteiger partial charge on any atom is 0.0170 e. The highest BCUT2D eigenvalue weighted by Gasteiger charge is 2.46. The summed E-state index contributed by atoms with van der Waals surface area (Å²) in [5.74, 6) is 1.29. The van der Waals surface area contributed by atoms with Gasteiger partial charge < -0.3 is 0 Å². The number of nitrogens with zero attached hydrogens (tertiary/aromatic N) is 1. The Labute approximate surface area is 140 Å². The van der Waals surface area contributed by atoms with Gasteiger partial charge in [-0.05, 0) is 57.2 Å². The Kier molecular flexibility index (Phi) is 3.77. The molecule has 0 amide bonds. The lowest BCUT2D eigenvalue weighted by atomic mass is 9.72. The van der Waals surface area contributed by atoms with Crippen LogP contribution in [0.1, 0.15) is 53.4 Å². The fourth-order valence-corrected chi connectivity index (χ4v) is 4.87. The Morgan fingerprint density at radius 3 is 1.96 bits per heavy atom. The maximum absolute atomic E-state index is 2.66. The van der Waals surface area contributed by atoms with Gasteiger partial charge in [-0.3, -0.25) is 4.90 Å². The third kappa shape index (κ3) is 2.61. The second-order valence-electron chi connectivity index (χ2n) is 7.65. The van der Waals surface area contributed by atoms with Crippen molar-refractivity contribution in [2.45, 2.75) is 57.0 Å². The van der Waals surface area contributed by atoms with Gasteiger partial charge in [-0.2, -0.15) is 0 Å². The normalized spacial score (nSPS) is 30.6. The molecule has 2 aliphatic rings. The Morgan fingerprint density at radius 1 is 0.783 bits per heavy atom. The molecule has 2 saturated heterocycles. The average molecular weight is 305 g/mol. The van der Waals surface area contributed by atoms with Crippen LogP contribution in [0.25, 0.3) is 0 Å². The van der Waals surface area contributed by atoms with Gasteiger partial charge in [0.1, 0.15) is 0 Å². The molecule has 1 heteroatoms. The maximum atomic E-state index is 2.66. The highest BCUT2D eigenvalue weighted by Crippen LogP contribution is 2.50. The van der Waals surface area contributed by atoms with Crippen LogP contribution in [0.15, 0.2) is 48.5 Å². The van der Waals surface area contributed by atoms with E-state index in [9.17, 15) is 0 Å². The molecule has 2 fully saturated rings. The third-order valence-electron chi connectivity index (χ3n) is 6.24. The molecule has 2 aromatic carbocycles. The molecule has 120 valence electrons. The van der Waals surface area contributed by atoms with Gasteiger partial charge in [-0.25, -0.2) is 0 Å². The standard InChI is InChI=1S/C22H27N/c1-15-4-8-17(9-5-15)20-14-19-12-13-21(23(19)3)22(20)18-10-6-16(2)7-11-18/h4-11,19-22H,12-14H2,1-3H3/t19-,20-,21+,22+/m1/s1. The van der Waals surface area contributed by atoms with E-state index in [0.717, 1.165) is 6.04 Å². The molecule has 0 N–H and O–H groups in total. The molecule has 2 aliphatic heterocycles. The number of benzene rings is 2. The summed E-state index contributed by atoms with van der Waals surface area (Å²) >= 11 is 0. The Morgan fingerprint density at radius 2 is 1.35 bits per heavy atom. The minimum Gasteiger partial charge on any atom is -0.300 e. The average Bonchev–Trinajstić information content (AvgIpc) is 2.80. The van der Waals surface area contributed by atoms with Gasteiger partial charge in [0.25, 0.3) is 0 Å². The van der Waals surface area contributed by atoms with Gasteiger partial charge in [0.05, 0.1) is 0 Å². The highest BCUT2D eigenvalue weighted by molar-refractivity contribution is 5.35. The first-order chi connectivity index (χ1) is 11.1. The summed E-state index contributed by atoms with van der Waals surface area (Å²) in [7, 11) is 2.34. The lowest BCUT2D eigenvalue weighted by Crippen LogP contribution is -2.44. The molecule has 0 radical (unpaired) electrons. The van der Waals surface area contributed by atoms with Crippen LogP contribution in [0.4, 0.5) is 0 Å². The van der Waals surface area contributed by atoms with Crippen molar-refractivity contribution in [3.63, 3.8) is 0 Å². The quantitative estimate of drug-likeness (QED) is 0.751. The first kappa shape index (κ1) is 15.0. The van der Waals surface area contributed by atoms with Crippen LogP contribution < -0.4 is 0 Å². The summed E-state index contributed by atoms with van der Waals surface area (Å²) in [6, 6.07) is 20.1. The van der Waals surface area contributed by atoms with Crippen molar-refractivity contribution < 1.29 is 0 Å². The van der Waals surface area contributed by atoms with E-state index in [2.05, 4.69) is 74.3 Å². The largest absolute Gasteiger partial charge is 0.300 e. The van der Waals surface area contributed by atoms with E-state index >= 15 is 0 Å². The number of hydrogen-bond acceptors (Lipinski definition) is 1. The first-order valence-electron chi connectivity index (χ1n) is 8.98. The number of likely N-dealkylation sites (N-methyl/N-ethyl adjacent to an activating group) is 1. The van der Waals surface area contributed by atoms with Crippen LogP contribution >= 0.6 is 0 Å². The molecule has 2 aromatic rings. The lowest BCUT2D eigenvalue weighted by Gasteiger charge is -2.43. The lowest BCUT2D eigenvalue weighted by molar-refractivity contribution is 0.137. The first-order valence-corrected chi connectivity index (χ1v) is 8.98. The van der Waals surface area contributed by atoms with Crippen LogP contribution in [0, 0.1) is 13.8 Å². The van der Waals surface area contributed by atoms with Crippen LogP contribution in [0.5, 0.6) is 0 Å². The van der Waals surface area contributed by atoms with Gasteiger partial charge in [-0.1, -0.05) is 59.7 Å². The second kappa shape index (κ2) is 5.79. The summed E-state index contributed by atoms with van der Waals surface area (Å²) in [4.78, 5) is 2.66. The summed E-state index contributed by atoms with van der Waals surface area (Å²) in [6.07, 6.45) is 4.02. The fourth-order valence-electron chi connectivity index (χ4n) is 4.87. The van der Waals surface area contributed by atoms with E-state index in [4.69, 9.17) is 0 Å². The zero-order chi connectivity index (χ0) is 16.0. The molecule has 1 nitrogen and oxygen atoms in total. The predicted octanol–water partition coefficient (Wildman–Crippen LogP) is 5.04.